The molecule has 7 heteroatoms. The third kappa shape index (κ3) is 3.76. The molecule has 16 heavy (non-hydrogen) atoms. The highest BCUT2D eigenvalue weighted by atomic mass is 32.2. The number of nitrogens with zero attached hydrogens (tertiary/aromatic N) is 1. The average Bonchev–Trinajstić information content (AvgIpc) is 2.19. The molecule has 0 amide bonds. The molecule has 5 nitrogen and oxygen atoms in total. The second kappa shape index (κ2) is 5.24. The van der Waals surface area contributed by atoms with Gasteiger partial charge < -0.3 is 4.74 Å². The van der Waals surface area contributed by atoms with E-state index in [2.05, 4.69) is 0 Å². The van der Waals surface area contributed by atoms with Crippen molar-refractivity contribution in [2.75, 3.05) is 20.2 Å². The molecule has 1 aromatic rings. The second-order valence-corrected chi connectivity index (χ2v) is 4.80. The maximum Gasteiger partial charge on any atom is 0.276 e. The first-order valence-corrected chi connectivity index (χ1v) is 6.03. The van der Waals surface area contributed by atoms with Crippen LogP contribution in [-0.4, -0.2) is 32.9 Å². The zero-order valence-electron chi connectivity index (χ0n) is 8.76. The second-order valence-electron chi connectivity index (χ2n) is 3.15. The van der Waals surface area contributed by atoms with Crippen molar-refractivity contribution >= 4 is 10.2 Å². The van der Waals surface area contributed by atoms with Crippen LogP contribution in [0.1, 0.15) is 0 Å². The minimum Gasteiger partial charge on any atom is -0.489 e. The van der Waals surface area contributed by atoms with E-state index in [1.165, 1.54) is 19.2 Å². The van der Waals surface area contributed by atoms with E-state index in [0.717, 1.165) is 4.31 Å². The van der Waals surface area contributed by atoms with E-state index in [1.54, 1.807) is 12.1 Å². The highest BCUT2D eigenvalue weighted by Gasteiger charge is 2.11. The zero-order chi connectivity index (χ0) is 12.2. The van der Waals surface area contributed by atoms with Gasteiger partial charge in [0.05, 0.1) is 0 Å². The molecule has 1 rings (SSSR count). The van der Waals surface area contributed by atoms with Crippen molar-refractivity contribution in [3.05, 3.63) is 30.1 Å². The maximum absolute atomic E-state index is 13.1. The number of ether oxygens (including phenoxy) is 1. The quantitative estimate of drug-likeness (QED) is 0.816. The molecule has 0 aliphatic rings. The first-order valence-electron chi connectivity index (χ1n) is 4.52. The molecular weight excluding hydrogens is 235 g/mol. The minimum absolute atomic E-state index is 0.0356. The van der Waals surface area contributed by atoms with E-state index in [9.17, 15) is 12.8 Å². The molecule has 0 aliphatic carbocycles. The minimum atomic E-state index is -3.71. The summed E-state index contributed by atoms with van der Waals surface area (Å²) in [6.45, 7) is 0.0982. The van der Waals surface area contributed by atoms with E-state index in [4.69, 9.17) is 9.88 Å². The van der Waals surface area contributed by atoms with Crippen LogP contribution in [0.25, 0.3) is 0 Å². The van der Waals surface area contributed by atoms with E-state index >= 15 is 0 Å². The number of hydrogen-bond acceptors (Lipinski definition) is 3. The van der Waals surface area contributed by atoms with Crippen LogP contribution in [0, 0.1) is 5.82 Å². The highest BCUT2D eigenvalue weighted by Crippen LogP contribution is 2.14. The smallest absolute Gasteiger partial charge is 0.276 e. The van der Waals surface area contributed by atoms with Gasteiger partial charge in [-0.3, -0.25) is 0 Å². The summed E-state index contributed by atoms with van der Waals surface area (Å²) in [4.78, 5) is 0. The standard InChI is InChI=1S/C9H13FN2O3S/c1-12(16(11,13)14)6-7-15-9-5-3-2-4-8(9)10/h2-5H,6-7H2,1H3,(H2,11,13,14). The molecule has 0 aliphatic heterocycles. The molecule has 0 radical (unpaired) electrons. The third-order valence-corrected chi connectivity index (χ3v) is 2.99. The zero-order valence-corrected chi connectivity index (χ0v) is 9.58. The summed E-state index contributed by atoms with van der Waals surface area (Å²) in [5, 5.41) is 4.86. The number of nitrogens with two attached hydrogens (primary N) is 1. The van der Waals surface area contributed by atoms with Crippen LogP contribution in [0.2, 0.25) is 0 Å². The predicted molar refractivity (Wildman–Crippen MR) is 57.6 cm³/mol. The van der Waals surface area contributed by atoms with Crippen molar-refractivity contribution in [1.29, 1.82) is 0 Å². The van der Waals surface area contributed by atoms with E-state index in [1.807, 2.05) is 0 Å². The molecule has 0 spiro atoms. The molecule has 90 valence electrons. The Kier molecular flexibility index (Phi) is 4.22. The van der Waals surface area contributed by atoms with Gasteiger partial charge in [0.15, 0.2) is 11.6 Å². The fourth-order valence-electron chi connectivity index (χ4n) is 0.973. The lowest BCUT2D eigenvalue weighted by atomic mass is 10.3. The average molecular weight is 248 g/mol. The first kappa shape index (κ1) is 12.9. The molecule has 1 aromatic carbocycles. The van der Waals surface area contributed by atoms with Crippen molar-refractivity contribution in [1.82, 2.24) is 4.31 Å². The molecule has 0 atom stereocenters. The van der Waals surface area contributed by atoms with Gasteiger partial charge in [0.2, 0.25) is 0 Å². The molecule has 0 bridgehead atoms. The van der Waals surface area contributed by atoms with E-state index < -0.39 is 16.0 Å². The highest BCUT2D eigenvalue weighted by molar-refractivity contribution is 7.86. The topological polar surface area (TPSA) is 72.6 Å². The molecular formula is C9H13FN2O3S. The number of benzene rings is 1. The van der Waals surface area contributed by atoms with Gasteiger partial charge in [0.1, 0.15) is 6.61 Å². The number of likely N-dealkylation sites (N-methyl/N-ethyl adjacent to an activating group) is 1. The van der Waals surface area contributed by atoms with Gasteiger partial charge in [-0.25, -0.2) is 9.53 Å². The van der Waals surface area contributed by atoms with Gasteiger partial charge in [-0.2, -0.15) is 12.7 Å². The summed E-state index contributed by atoms with van der Waals surface area (Å²) in [6.07, 6.45) is 0. The Morgan fingerprint density at radius 2 is 2.06 bits per heavy atom. The van der Waals surface area contributed by atoms with Crippen LogP contribution in [0.3, 0.4) is 0 Å². The summed E-state index contributed by atoms with van der Waals surface area (Å²) in [5.41, 5.74) is 0. The Balaban J connectivity index is 2.46. The van der Waals surface area contributed by atoms with Gasteiger partial charge in [0.25, 0.3) is 10.2 Å². The Hall–Kier alpha value is -1.18. The fourth-order valence-corrected chi connectivity index (χ4v) is 1.30. The largest absolute Gasteiger partial charge is 0.489 e. The molecule has 0 saturated heterocycles. The summed E-state index contributed by atoms with van der Waals surface area (Å²) >= 11 is 0. The van der Waals surface area contributed by atoms with Gasteiger partial charge in [-0.05, 0) is 12.1 Å². The summed E-state index contributed by atoms with van der Waals surface area (Å²) < 4.78 is 40.7. The molecule has 0 heterocycles. The lowest BCUT2D eigenvalue weighted by Gasteiger charge is -2.14. The molecule has 2 N–H and O–H groups in total. The molecule has 0 aromatic heterocycles. The Labute approximate surface area is 93.8 Å². The van der Waals surface area contributed by atoms with Gasteiger partial charge >= 0.3 is 0 Å². The lowest BCUT2D eigenvalue weighted by Crippen LogP contribution is -2.36. The van der Waals surface area contributed by atoms with Crippen LogP contribution in [0.4, 0.5) is 4.39 Å². The Bertz CT molecular complexity index is 450. The number of hydrogen-bond donors (Lipinski definition) is 1. The van der Waals surface area contributed by atoms with Gasteiger partial charge in [-0.1, -0.05) is 12.1 Å². The van der Waals surface area contributed by atoms with Crippen molar-refractivity contribution < 1.29 is 17.5 Å². The third-order valence-electron chi connectivity index (χ3n) is 1.93. The molecule has 0 saturated carbocycles. The van der Waals surface area contributed by atoms with Crippen LogP contribution < -0.4 is 9.88 Å². The van der Waals surface area contributed by atoms with Crippen LogP contribution in [0.5, 0.6) is 5.75 Å². The number of para-hydroxylation sites is 1. The lowest BCUT2D eigenvalue weighted by molar-refractivity contribution is 0.275. The van der Waals surface area contributed by atoms with E-state index in [0.29, 0.717) is 0 Å². The Morgan fingerprint density at radius 3 is 2.62 bits per heavy atom. The SMILES string of the molecule is CN(CCOc1ccccc1F)S(N)(=O)=O. The van der Waals surface area contributed by atoms with Gasteiger partial charge in [-0.15, -0.1) is 0 Å². The maximum atomic E-state index is 13.1. The summed E-state index contributed by atoms with van der Waals surface area (Å²) in [6, 6.07) is 5.89. The summed E-state index contributed by atoms with van der Waals surface area (Å²) in [5.74, 6) is -0.397. The van der Waals surface area contributed by atoms with Crippen molar-refractivity contribution in [3.63, 3.8) is 0 Å². The van der Waals surface area contributed by atoms with Crippen molar-refractivity contribution in [2.24, 2.45) is 5.14 Å². The van der Waals surface area contributed by atoms with Crippen molar-refractivity contribution in [3.8, 4) is 5.75 Å². The van der Waals surface area contributed by atoms with Crippen molar-refractivity contribution in [2.45, 2.75) is 0 Å². The fraction of sp³-hybridized carbons (Fsp3) is 0.333. The van der Waals surface area contributed by atoms with Crippen LogP contribution >= 0.6 is 0 Å². The number of rotatable bonds is 5. The van der Waals surface area contributed by atoms with Gasteiger partial charge in [0, 0.05) is 13.6 Å². The monoisotopic (exact) mass is 248 g/mol. The molecule has 0 unspecified atom stereocenters. The van der Waals surface area contributed by atoms with Crippen LogP contribution in [0.15, 0.2) is 24.3 Å². The van der Waals surface area contributed by atoms with E-state index in [-0.39, 0.29) is 18.9 Å². The first-order chi connectivity index (χ1) is 7.41. The molecule has 0 fully saturated rings. The van der Waals surface area contributed by atoms with Crippen LogP contribution in [-0.2, 0) is 10.2 Å². The Morgan fingerprint density at radius 1 is 1.44 bits per heavy atom. The summed E-state index contributed by atoms with van der Waals surface area (Å²) in [7, 11) is -2.39. The predicted octanol–water partition coefficient (Wildman–Crippen LogP) is 0.340. The normalized spacial score (nSPS) is 11.8. The number of halogens is 1.